The van der Waals surface area contributed by atoms with Gasteiger partial charge < -0.3 is 4.90 Å². The van der Waals surface area contributed by atoms with E-state index < -0.39 is 0 Å². The summed E-state index contributed by atoms with van der Waals surface area (Å²) in [6.07, 6.45) is 2.84. The maximum atomic E-state index is 12.8. The molecule has 2 aromatic rings. The van der Waals surface area contributed by atoms with Crippen molar-refractivity contribution < 1.29 is 4.79 Å². The lowest BCUT2D eigenvalue weighted by molar-refractivity contribution is 0.0625. The number of aryl methyl sites for hydroxylation is 2. The van der Waals surface area contributed by atoms with Crippen LogP contribution in [-0.2, 0) is 0 Å². The number of fused-ring (bicyclic) bond motifs is 1. The van der Waals surface area contributed by atoms with Crippen molar-refractivity contribution in [2.75, 3.05) is 13.1 Å². The van der Waals surface area contributed by atoms with E-state index in [0.717, 1.165) is 24.5 Å². The zero-order valence-corrected chi connectivity index (χ0v) is 13.1. The van der Waals surface area contributed by atoms with Crippen LogP contribution in [0.1, 0.15) is 42.0 Å². The molecule has 0 bridgehead atoms. The van der Waals surface area contributed by atoms with Crippen LogP contribution >= 0.6 is 0 Å². The monoisotopic (exact) mass is 286 g/mol. The van der Waals surface area contributed by atoms with Crippen LogP contribution in [0.5, 0.6) is 0 Å². The maximum Gasteiger partial charge on any atom is 0.259 e. The Morgan fingerprint density at radius 2 is 1.90 bits per heavy atom. The van der Waals surface area contributed by atoms with E-state index in [4.69, 9.17) is 0 Å². The third-order valence-electron chi connectivity index (χ3n) is 4.16. The molecule has 0 spiro atoms. The molecule has 0 aromatic carbocycles. The fraction of sp³-hybridized carbons (Fsp3) is 0.562. The zero-order chi connectivity index (χ0) is 15.1. The second-order valence-corrected chi connectivity index (χ2v) is 6.49. The van der Waals surface area contributed by atoms with Gasteiger partial charge in [-0.15, -0.1) is 0 Å². The Hall–Kier alpha value is -1.91. The zero-order valence-electron chi connectivity index (χ0n) is 13.1. The molecule has 2 aromatic heterocycles. The van der Waals surface area contributed by atoms with Crippen LogP contribution in [0.3, 0.4) is 0 Å². The van der Waals surface area contributed by atoms with Gasteiger partial charge in [0, 0.05) is 24.5 Å². The van der Waals surface area contributed by atoms with Crippen molar-refractivity contribution in [3.63, 3.8) is 0 Å². The number of rotatable bonds is 1. The molecule has 0 saturated carbocycles. The molecule has 1 aliphatic heterocycles. The number of likely N-dealkylation sites (tertiary alicyclic amines) is 1. The van der Waals surface area contributed by atoms with E-state index in [9.17, 15) is 4.79 Å². The normalized spacial score (nSPS) is 22.8. The summed E-state index contributed by atoms with van der Waals surface area (Å²) in [6, 6.07) is 1.97. The molecule has 3 heterocycles. The third-order valence-corrected chi connectivity index (χ3v) is 4.16. The summed E-state index contributed by atoms with van der Waals surface area (Å²) in [7, 11) is 0. The van der Waals surface area contributed by atoms with Gasteiger partial charge >= 0.3 is 0 Å². The molecule has 1 saturated heterocycles. The van der Waals surface area contributed by atoms with Crippen LogP contribution in [0.15, 0.2) is 12.3 Å². The molecule has 5 nitrogen and oxygen atoms in total. The van der Waals surface area contributed by atoms with E-state index in [-0.39, 0.29) is 5.91 Å². The molecule has 1 amide bonds. The van der Waals surface area contributed by atoms with Crippen molar-refractivity contribution in [3.05, 3.63) is 29.2 Å². The van der Waals surface area contributed by atoms with E-state index >= 15 is 0 Å². The highest BCUT2D eigenvalue weighted by Crippen LogP contribution is 2.23. The minimum atomic E-state index is 0.0564. The van der Waals surface area contributed by atoms with Gasteiger partial charge in [-0.05, 0) is 38.2 Å². The molecule has 3 rings (SSSR count). The molecule has 112 valence electrons. The van der Waals surface area contributed by atoms with Crippen LogP contribution in [0, 0.1) is 25.7 Å². The van der Waals surface area contributed by atoms with Gasteiger partial charge in [0.05, 0.1) is 6.20 Å². The topological polar surface area (TPSA) is 50.5 Å². The van der Waals surface area contributed by atoms with Gasteiger partial charge in [0.1, 0.15) is 5.56 Å². The summed E-state index contributed by atoms with van der Waals surface area (Å²) in [5.74, 6) is 1.16. The molecule has 0 N–H and O–H groups in total. The van der Waals surface area contributed by atoms with Crippen molar-refractivity contribution in [1.29, 1.82) is 0 Å². The Labute approximate surface area is 125 Å². The van der Waals surface area contributed by atoms with Crippen LogP contribution in [0.4, 0.5) is 0 Å². The molecule has 0 radical (unpaired) electrons. The Bertz CT molecular complexity index is 681. The molecular formula is C16H22N4O. The van der Waals surface area contributed by atoms with Gasteiger partial charge in [-0.25, -0.2) is 9.50 Å². The van der Waals surface area contributed by atoms with E-state index in [0.29, 0.717) is 23.0 Å². The third kappa shape index (κ3) is 2.52. The van der Waals surface area contributed by atoms with Gasteiger partial charge in [0.15, 0.2) is 5.65 Å². The Morgan fingerprint density at radius 1 is 1.24 bits per heavy atom. The number of carbonyl (C=O) groups is 1. The second kappa shape index (κ2) is 5.13. The summed E-state index contributed by atoms with van der Waals surface area (Å²) < 4.78 is 1.75. The van der Waals surface area contributed by atoms with Crippen LogP contribution in [0.2, 0.25) is 0 Å². The Kier molecular flexibility index (Phi) is 3.43. The highest BCUT2D eigenvalue weighted by molar-refractivity contribution is 5.99. The van der Waals surface area contributed by atoms with Crippen LogP contribution in [0.25, 0.3) is 5.65 Å². The van der Waals surface area contributed by atoms with Crippen molar-refractivity contribution in [1.82, 2.24) is 19.5 Å². The van der Waals surface area contributed by atoms with E-state index in [1.807, 2.05) is 24.8 Å². The van der Waals surface area contributed by atoms with E-state index in [2.05, 4.69) is 23.9 Å². The summed E-state index contributed by atoms with van der Waals surface area (Å²) in [6.45, 7) is 9.99. The summed E-state index contributed by atoms with van der Waals surface area (Å²) in [4.78, 5) is 19.3. The summed E-state index contributed by atoms with van der Waals surface area (Å²) >= 11 is 0. The smallest absolute Gasteiger partial charge is 0.259 e. The quantitative estimate of drug-likeness (QED) is 0.809. The number of carbonyl (C=O) groups excluding carboxylic acids is 1. The van der Waals surface area contributed by atoms with Crippen molar-refractivity contribution >= 4 is 11.6 Å². The van der Waals surface area contributed by atoms with Crippen molar-refractivity contribution in [2.24, 2.45) is 11.8 Å². The van der Waals surface area contributed by atoms with Crippen molar-refractivity contribution in [2.45, 2.75) is 34.1 Å². The molecule has 0 aliphatic carbocycles. The molecule has 5 heteroatoms. The lowest BCUT2D eigenvalue weighted by Gasteiger charge is -2.34. The van der Waals surface area contributed by atoms with Gasteiger partial charge in [0.2, 0.25) is 0 Å². The minimum absolute atomic E-state index is 0.0564. The molecular weight excluding hydrogens is 264 g/mol. The number of hydrogen-bond acceptors (Lipinski definition) is 3. The van der Waals surface area contributed by atoms with E-state index in [1.54, 1.807) is 10.7 Å². The average molecular weight is 286 g/mol. The number of hydrogen-bond donors (Lipinski definition) is 0. The lowest BCUT2D eigenvalue weighted by Crippen LogP contribution is -2.42. The molecule has 1 fully saturated rings. The molecule has 21 heavy (non-hydrogen) atoms. The second-order valence-electron chi connectivity index (χ2n) is 6.49. The highest BCUT2D eigenvalue weighted by atomic mass is 16.2. The predicted molar refractivity (Wildman–Crippen MR) is 81.3 cm³/mol. The summed E-state index contributed by atoms with van der Waals surface area (Å²) in [5, 5.41) is 4.32. The van der Waals surface area contributed by atoms with Gasteiger partial charge in [0.25, 0.3) is 5.91 Å². The fourth-order valence-electron chi connectivity index (χ4n) is 3.42. The first-order valence-electron chi connectivity index (χ1n) is 7.57. The molecule has 2 atom stereocenters. The lowest BCUT2D eigenvalue weighted by atomic mass is 9.91. The van der Waals surface area contributed by atoms with Crippen molar-refractivity contribution in [3.8, 4) is 0 Å². The van der Waals surface area contributed by atoms with E-state index in [1.165, 1.54) is 6.42 Å². The van der Waals surface area contributed by atoms with Crippen LogP contribution in [-0.4, -0.2) is 38.5 Å². The molecule has 0 unspecified atom stereocenters. The first-order chi connectivity index (χ1) is 9.95. The van der Waals surface area contributed by atoms with Gasteiger partial charge in [-0.2, -0.15) is 5.10 Å². The highest BCUT2D eigenvalue weighted by Gasteiger charge is 2.28. The average Bonchev–Trinajstić information content (AvgIpc) is 2.80. The standard InChI is InChI=1S/C16H22N4O/c1-10-5-11(2)9-19(8-10)16(21)14-7-17-20-13(4)6-12(3)18-15(14)20/h6-7,10-11H,5,8-9H2,1-4H3/t10-,11-/m0/s1. The Balaban J connectivity index is 1.98. The predicted octanol–water partition coefficient (Wildman–Crippen LogP) is 2.46. The first-order valence-corrected chi connectivity index (χ1v) is 7.57. The maximum absolute atomic E-state index is 12.8. The number of amides is 1. The number of nitrogens with zero attached hydrogens (tertiary/aromatic N) is 4. The Morgan fingerprint density at radius 3 is 2.57 bits per heavy atom. The first kappa shape index (κ1) is 14.0. The number of aromatic nitrogens is 3. The van der Waals surface area contributed by atoms with Gasteiger partial charge in [-0.1, -0.05) is 13.8 Å². The van der Waals surface area contributed by atoms with Crippen LogP contribution < -0.4 is 0 Å². The fourth-order valence-corrected chi connectivity index (χ4v) is 3.42. The SMILES string of the molecule is Cc1cc(C)n2ncc(C(=O)N3C[C@@H](C)C[C@H](C)C3)c2n1. The molecule has 1 aliphatic rings. The minimum Gasteiger partial charge on any atom is -0.338 e. The summed E-state index contributed by atoms with van der Waals surface area (Å²) in [5.41, 5.74) is 3.19. The van der Waals surface area contributed by atoms with Gasteiger partial charge in [-0.3, -0.25) is 4.79 Å². The largest absolute Gasteiger partial charge is 0.338 e. The number of piperidine rings is 1.